The number of carbonyl (C=O) groups is 4. The van der Waals surface area contributed by atoms with Crippen molar-refractivity contribution in [1.29, 1.82) is 0 Å². The molecule has 0 saturated heterocycles. The minimum Gasteiger partial charge on any atom is -0.545 e. The van der Waals surface area contributed by atoms with Crippen molar-refractivity contribution in [3.63, 3.8) is 0 Å². The molecule has 200 valence electrons. The third-order valence-corrected chi connectivity index (χ3v) is 6.25. The summed E-state index contributed by atoms with van der Waals surface area (Å²) in [5.41, 5.74) is 0.465. The Balaban J connectivity index is 1.53. The lowest BCUT2D eigenvalue weighted by Crippen LogP contribution is -2.32. The highest BCUT2D eigenvalue weighted by Crippen LogP contribution is 2.33. The summed E-state index contributed by atoms with van der Waals surface area (Å²) in [6.07, 6.45) is 0. The first kappa shape index (κ1) is 27.5. The van der Waals surface area contributed by atoms with Crippen LogP contribution in [0.2, 0.25) is 5.02 Å². The maximum atomic E-state index is 13.1. The Hall–Kier alpha value is -4.54. The van der Waals surface area contributed by atoms with Gasteiger partial charge in [0.1, 0.15) is 22.2 Å². The lowest BCUT2D eigenvalue weighted by atomic mass is 10.1. The molecule has 10 nitrogen and oxygen atoms in total. The van der Waals surface area contributed by atoms with Crippen molar-refractivity contribution in [1.82, 2.24) is 0 Å². The summed E-state index contributed by atoms with van der Waals surface area (Å²) in [6, 6.07) is 14.8. The molecule has 0 fully saturated rings. The van der Waals surface area contributed by atoms with Crippen LogP contribution in [0.25, 0.3) is 0 Å². The lowest BCUT2D eigenvalue weighted by Gasteiger charge is -2.16. The fraction of sp³-hybridized carbons (Fsp3) is 0.111. The minimum atomic E-state index is -1.49. The fourth-order valence-corrected chi connectivity index (χ4v) is 4.18. The normalized spacial score (nSPS) is 13.0. The maximum Gasteiger partial charge on any atom is 0.283 e. The molecule has 0 bridgehead atoms. The van der Waals surface area contributed by atoms with Gasteiger partial charge in [-0.3, -0.25) is 14.4 Å². The van der Waals surface area contributed by atoms with Crippen LogP contribution in [0.3, 0.4) is 0 Å². The second kappa shape index (κ2) is 11.5. The Bertz CT molecular complexity index is 1520. The van der Waals surface area contributed by atoms with E-state index >= 15 is 0 Å². The summed E-state index contributed by atoms with van der Waals surface area (Å²) < 4.78 is 10.4. The number of nitrogens with one attached hydrogen (secondary N) is 2. The summed E-state index contributed by atoms with van der Waals surface area (Å²) in [5.74, 6) is -2.91. The number of hydrogen-bond donors (Lipinski definition) is 2. The number of aromatic carboxylic acids is 1. The topological polar surface area (TPSA) is 137 Å². The molecule has 0 atom stereocenters. The van der Waals surface area contributed by atoms with Crippen molar-refractivity contribution in [2.75, 3.05) is 29.3 Å². The summed E-state index contributed by atoms with van der Waals surface area (Å²) in [5, 5.41) is 16.3. The summed E-state index contributed by atoms with van der Waals surface area (Å²) in [7, 11) is 1.27. The molecule has 3 aromatic rings. The van der Waals surface area contributed by atoms with Gasteiger partial charge in [-0.1, -0.05) is 29.3 Å². The van der Waals surface area contributed by atoms with Gasteiger partial charge in [0.25, 0.3) is 17.7 Å². The highest BCUT2D eigenvalue weighted by atomic mass is 35.5. The van der Waals surface area contributed by atoms with E-state index in [1.54, 1.807) is 36.4 Å². The molecule has 0 aliphatic carbocycles. The Morgan fingerprint density at radius 2 is 1.72 bits per heavy atom. The highest BCUT2D eigenvalue weighted by Gasteiger charge is 2.39. The van der Waals surface area contributed by atoms with Crippen LogP contribution in [0.1, 0.15) is 27.6 Å². The van der Waals surface area contributed by atoms with Crippen LogP contribution in [0.5, 0.6) is 11.5 Å². The number of carboxylic acids is 1. The number of carbonyl (C=O) groups excluding carboxylic acids is 4. The smallest absolute Gasteiger partial charge is 0.283 e. The number of halogens is 2. The number of carboxylic acid groups (broad SMARTS) is 1. The molecule has 0 spiro atoms. The van der Waals surface area contributed by atoms with Crippen LogP contribution < -0.4 is 30.1 Å². The van der Waals surface area contributed by atoms with E-state index in [0.717, 1.165) is 11.0 Å². The van der Waals surface area contributed by atoms with Gasteiger partial charge in [0, 0.05) is 22.9 Å². The van der Waals surface area contributed by atoms with Gasteiger partial charge in [0.15, 0.2) is 0 Å². The molecule has 1 aliphatic heterocycles. The summed E-state index contributed by atoms with van der Waals surface area (Å²) in [6.45, 7) is 2.31. The molecule has 2 N–H and O–H groups in total. The number of nitrogens with zero attached hydrogens (tertiary/aromatic N) is 1. The zero-order valence-electron chi connectivity index (χ0n) is 20.5. The van der Waals surface area contributed by atoms with E-state index in [4.69, 9.17) is 32.7 Å². The molecule has 1 aliphatic rings. The fourth-order valence-electron chi connectivity index (χ4n) is 3.76. The first-order valence-electron chi connectivity index (χ1n) is 11.4. The largest absolute Gasteiger partial charge is 0.545 e. The van der Waals surface area contributed by atoms with E-state index in [2.05, 4.69) is 10.6 Å². The van der Waals surface area contributed by atoms with Crippen molar-refractivity contribution >= 4 is 64.0 Å². The Morgan fingerprint density at radius 1 is 1.00 bits per heavy atom. The summed E-state index contributed by atoms with van der Waals surface area (Å²) in [4.78, 5) is 51.0. The van der Waals surface area contributed by atoms with Gasteiger partial charge in [-0.15, -0.1) is 0 Å². The monoisotopic (exact) mass is 568 g/mol. The highest BCUT2D eigenvalue weighted by molar-refractivity contribution is 6.53. The quantitative estimate of drug-likeness (QED) is 0.372. The van der Waals surface area contributed by atoms with Crippen molar-refractivity contribution in [2.45, 2.75) is 6.92 Å². The zero-order valence-corrected chi connectivity index (χ0v) is 22.1. The number of benzene rings is 3. The van der Waals surface area contributed by atoms with Gasteiger partial charge in [0.2, 0.25) is 0 Å². The molecule has 0 radical (unpaired) electrons. The molecule has 1 heterocycles. The predicted octanol–water partition coefficient (Wildman–Crippen LogP) is 3.80. The second-order valence-corrected chi connectivity index (χ2v) is 8.83. The van der Waals surface area contributed by atoms with E-state index in [1.807, 2.05) is 6.92 Å². The van der Waals surface area contributed by atoms with E-state index in [1.165, 1.54) is 25.3 Å². The van der Waals surface area contributed by atoms with Crippen LogP contribution in [0, 0.1) is 0 Å². The van der Waals surface area contributed by atoms with Gasteiger partial charge in [-0.05, 0) is 55.5 Å². The molecule has 3 amide bonds. The van der Waals surface area contributed by atoms with E-state index in [0.29, 0.717) is 23.7 Å². The van der Waals surface area contributed by atoms with Gasteiger partial charge in [0.05, 0.1) is 36.1 Å². The Morgan fingerprint density at radius 3 is 2.36 bits per heavy atom. The average Bonchev–Trinajstić information content (AvgIpc) is 3.13. The van der Waals surface area contributed by atoms with Crippen molar-refractivity contribution in [3.8, 4) is 11.5 Å². The first-order valence-corrected chi connectivity index (χ1v) is 12.2. The molecule has 0 unspecified atom stereocenters. The first-order chi connectivity index (χ1) is 18.6. The molecular formula is C27H20Cl2N3O7-. The van der Waals surface area contributed by atoms with E-state index in [9.17, 15) is 24.3 Å². The lowest BCUT2D eigenvalue weighted by molar-refractivity contribution is -0.255. The number of imide groups is 1. The minimum absolute atomic E-state index is 0.0426. The zero-order chi connectivity index (χ0) is 28.3. The third-order valence-electron chi connectivity index (χ3n) is 5.58. The standard InChI is InChI=1S/C27H21Cl2N3O7/c1-3-39-17-9-7-16(8-10-17)32-25(34)22(29)23(26(32)35)30-15-6-4-5-14(11-15)24(33)31-20-13-21(38-2)18(27(36)37)12-19(20)28/h4-13,30H,3H2,1-2H3,(H,31,33)(H,36,37)/p-1. The Kier molecular flexibility index (Phi) is 8.08. The predicted molar refractivity (Wildman–Crippen MR) is 143 cm³/mol. The molecular weight excluding hydrogens is 549 g/mol. The number of methoxy groups -OCH3 is 1. The molecule has 3 aromatic carbocycles. The molecule has 4 rings (SSSR count). The maximum absolute atomic E-state index is 13.1. The van der Waals surface area contributed by atoms with Crippen LogP contribution >= 0.6 is 23.2 Å². The van der Waals surface area contributed by atoms with Gasteiger partial charge in [-0.2, -0.15) is 0 Å². The van der Waals surface area contributed by atoms with Gasteiger partial charge in [-0.25, -0.2) is 4.90 Å². The van der Waals surface area contributed by atoms with Gasteiger partial charge < -0.3 is 30.0 Å². The number of hydrogen-bond acceptors (Lipinski definition) is 8. The molecule has 0 saturated carbocycles. The second-order valence-electron chi connectivity index (χ2n) is 8.04. The number of anilines is 3. The van der Waals surface area contributed by atoms with E-state index in [-0.39, 0.29) is 38.3 Å². The third kappa shape index (κ3) is 5.66. The average molecular weight is 569 g/mol. The van der Waals surface area contributed by atoms with Crippen molar-refractivity contribution in [3.05, 3.63) is 87.5 Å². The van der Waals surface area contributed by atoms with E-state index < -0.39 is 23.7 Å². The number of rotatable bonds is 9. The number of ether oxygens (including phenoxy) is 2. The van der Waals surface area contributed by atoms with Crippen molar-refractivity contribution in [2.24, 2.45) is 0 Å². The van der Waals surface area contributed by atoms with Crippen molar-refractivity contribution < 1.29 is 33.8 Å². The Labute approximate surface area is 232 Å². The molecule has 0 aromatic heterocycles. The summed E-state index contributed by atoms with van der Waals surface area (Å²) >= 11 is 12.4. The number of amides is 3. The van der Waals surface area contributed by atoms with Crippen LogP contribution in [-0.2, 0) is 9.59 Å². The molecule has 39 heavy (non-hydrogen) atoms. The van der Waals surface area contributed by atoms with Crippen LogP contribution in [-0.4, -0.2) is 37.4 Å². The van der Waals surface area contributed by atoms with Crippen LogP contribution in [0.4, 0.5) is 17.1 Å². The van der Waals surface area contributed by atoms with Crippen LogP contribution in [0.15, 0.2) is 71.4 Å². The SMILES string of the molecule is CCOc1ccc(N2C(=O)C(Cl)=C(Nc3cccc(C(=O)Nc4cc(OC)c(C(=O)[O-])cc4Cl)c3)C2=O)cc1. The molecule has 12 heteroatoms. The van der Waals surface area contributed by atoms with Gasteiger partial charge >= 0.3 is 0 Å².